The van der Waals surface area contributed by atoms with Crippen LogP contribution in [0, 0.1) is 5.41 Å². The molecule has 0 saturated heterocycles. The van der Waals surface area contributed by atoms with Crippen molar-refractivity contribution in [2.24, 2.45) is 5.41 Å². The summed E-state index contributed by atoms with van der Waals surface area (Å²) in [5, 5.41) is 11.0. The Labute approximate surface area is 139 Å². The normalized spacial score (nSPS) is 13.1. The quantitative estimate of drug-likeness (QED) is 0.461. The molecular weight excluding hydrogens is 338 g/mol. The fraction of sp³-hybridized carbons (Fsp3) is 0.400. The van der Waals surface area contributed by atoms with Crippen LogP contribution >= 0.6 is 0 Å². The van der Waals surface area contributed by atoms with Crippen molar-refractivity contribution in [1.82, 2.24) is 5.32 Å². The lowest BCUT2D eigenvalue weighted by Crippen LogP contribution is -2.50. The van der Waals surface area contributed by atoms with Gasteiger partial charge in [0.15, 0.2) is 5.78 Å². The highest BCUT2D eigenvalue weighted by molar-refractivity contribution is 7.85. The second-order valence-corrected chi connectivity index (χ2v) is 7.46. The zero-order chi connectivity index (χ0) is 18.5. The van der Waals surface area contributed by atoms with Crippen molar-refractivity contribution in [1.29, 1.82) is 0 Å². The smallest absolute Gasteiger partial charge is 0.327 e. The number of amides is 1. The summed E-state index contributed by atoms with van der Waals surface area (Å²) in [6, 6.07) is 6.46. The molecule has 9 heteroatoms. The molecule has 1 unspecified atom stereocenters. The Morgan fingerprint density at radius 3 is 2.17 bits per heavy atom. The highest BCUT2D eigenvalue weighted by Crippen LogP contribution is 2.23. The van der Waals surface area contributed by atoms with Crippen LogP contribution in [-0.2, 0) is 19.7 Å². The minimum atomic E-state index is -4.59. The predicted octanol–water partition coefficient (Wildman–Crippen LogP) is 0.743. The zero-order valence-electron chi connectivity index (χ0n) is 13.2. The number of aliphatic carboxylic acids is 1. The van der Waals surface area contributed by atoms with Gasteiger partial charge in [0.1, 0.15) is 11.8 Å². The summed E-state index contributed by atoms with van der Waals surface area (Å²) in [5.74, 6) is -3.87. The number of nitrogens with one attached hydrogen (secondary N) is 1. The van der Waals surface area contributed by atoms with E-state index in [-0.39, 0.29) is 12.2 Å². The van der Waals surface area contributed by atoms with Crippen molar-refractivity contribution >= 4 is 27.8 Å². The SMILES string of the molecule is CC(C)(CC(=O)c1ccccc1)C(=O)NC(CS(=O)(=O)O)C(=O)O. The van der Waals surface area contributed by atoms with Crippen LogP contribution in [0.1, 0.15) is 30.6 Å². The molecular formula is C15H19NO7S. The Morgan fingerprint density at radius 2 is 1.71 bits per heavy atom. The molecule has 1 rings (SSSR count). The maximum absolute atomic E-state index is 12.2. The van der Waals surface area contributed by atoms with Crippen LogP contribution in [0.15, 0.2) is 30.3 Å². The Kier molecular flexibility index (Phi) is 6.22. The number of carboxylic acids is 1. The van der Waals surface area contributed by atoms with E-state index in [1.165, 1.54) is 13.8 Å². The third-order valence-corrected chi connectivity index (χ3v) is 4.05. The lowest BCUT2D eigenvalue weighted by Gasteiger charge is -2.25. The van der Waals surface area contributed by atoms with E-state index in [0.29, 0.717) is 5.56 Å². The molecule has 0 saturated carbocycles. The fourth-order valence-electron chi connectivity index (χ4n) is 1.95. The molecule has 0 heterocycles. The summed E-state index contributed by atoms with van der Waals surface area (Å²) in [5.41, 5.74) is -0.856. The van der Waals surface area contributed by atoms with E-state index in [1.54, 1.807) is 30.3 Å². The van der Waals surface area contributed by atoms with Gasteiger partial charge in [0.05, 0.1) is 5.41 Å². The number of carbonyl (C=O) groups excluding carboxylic acids is 2. The molecule has 0 bridgehead atoms. The van der Waals surface area contributed by atoms with E-state index < -0.39 is 39.2 Å². The Hall–Kier alpha value is -2.26. The first-order chi connectivity index (χ1) is 10.9. The van der Waals surface area contributed by atoms with Crippen LogP contribution in [0.4, 0.5) is 0 Å². The van der Waals surface area contributed by atoms with Crippen molar-refractivity contribution in [3.05, 3.63) is 35.9 Å². The van der Waals surface area contributed by atoms with Gasteiger partial charge in [0, 0.05) is 12.0 Å². The number of Topliss-reactive ketones (excluding diaryl/α,β-unsaturated/α-hetero) is 1. The first-order valence-corrected chi connectivity index (χ1v) is 8.60. The summed E-state index contributed by atoms with van der Waals surface area (Å²) >= 11 is 0. The first-order valence-electron chi connectivity index (χ1n) is 6.99. The maximum Gasteiger partial charge on any atom is 0.327 e. The van der Waals surface area contributed by atoms with Crippen LogP contribution in [0.2, 0.25) is 0 Å². The molecule has 3 N–H and O–H groups in total. The average Bonchev–Trinajstić information content (AvgIpc) is 2.45. The van der Waals surface area contributed by atoms with E-state index in [1.807, 2.05) is 5.32 Å². The third kappa shape index (κ3) is 6.09. The van der Waals surface area contributed by atoms with Crippen molar-refractivity contribution in [3.8, 4) is 0 Å². The molecule has 1 aromatic rings. The van der Waals surface area contributed by atoms with Gasteiger partial charge in [-0.1, -0.05) is 44.2 Å². The van der Waals surface area contributed by atoms with E-state index in [9.17, 15) is 22.8 Å². The molecule has 8 nitrogen and oxygen atoms in total. The van der Waals surface area contributed by atoms with E-state index >= 15 is 0 Å². The van der Waals surface area contributed by atoms with Crippen molar-refractivity contribution in [2.75, 3.05) is 5.75 Å². The lowest BCUT2D eigenvalue weighted by atomic mass is 9.84. The number of ketones is 1. The second kappa shape index (κ2) is 7.54. The van der Waals surface area contributed by atoms with Gasteiger partial charge in [0.2, 0.25) is 5.91 Å². The van der Waals surface area contributed by atoms with Gasteiger partial charge < -0.3 is 10.4 Å². The molecule has 1 aromatic carbocycles. The topological polar surface area (TPSA) is 138 Å². The molecule has 1 amide bonds. The fourth-order valence-corrected chi connectivity index (χ4v) is 2.59. The number of carbonyl (C=O) groups is 3. The molecule has 0 aromatic heterocycles. The second-order valence-electron chi connectivity index (χ2n) is 5.96. The van der Waals surface area contributed by atoms with Crippen molar-refractivity contribution in [3.63, 3.8) is 0 Å². The van der Waals surface area contributed by atoms with Gasteiger partial charge in [-0.05, 0) is 0 Å². The maximum atomic E-state index is 12.2. The standard InChI is InChI=1S/C15H19NO7S/c1-15(2,8-12(17)10-6-4-3-5-7-10)14(20)16-11(13(18)19)9-24(21,22)23/h3-7,11H,8-9H2,1-2H3,(H,16,20)(H,18,19)(H,21,22,23). The summed E-state index contributed by atoms with van der Waals surface area (Å²) in [7, 11) is -4.59. The van der Waals surface area contributed by atoms with Crippen molar-refractivity contribution < 1.29 is 32.5 Å². The van der Waals surface area contributed by atoms with Crippen molar-refractivity contribution in [2.45, 2.75) is 26.3 Å². The van der Waals surface area contributed by atoms with Crippen LogP contribution in [0.3, 0.4) is 0 Å². The average molecular weight is 357 g/mol. The van der Waals surface area contributed by atoms with Gasteiger partial charge in [0.25, 0.3) is 10.1 Å². The number of hydrogen-bond donors (Lipinski definition) is 3. The predicted molar refractivity (Wildman–Crippen MR) is 85.2 cm³/mol. The third-order valence-electron chi connectivity index (χ3n) is 3.29. The molecule has 0 aliphatic carbocycles. The van der Waals surface area contributed by atoms with Crippen LogP contribution < -0.4 is 5.32 Å². The van der Waals surface area contributed by atoms with Crippen LogP contribution in [0.5, 0.6) is 0 Å². The van der Waals surface area contributed by atoms with E-state index in [4.69, 9.17) is 9.66 Å². The number of benzene rings is 1. The van der Waals surface area contributed by atoms with Gasteiger partial charge in [-0.25, -0.2) is 4.79 Å². The lowest BCUT2D eigenvalue weighted by molar-refractivity contribution is -0.142. The summed E-state index contributed by atoms with van der Waals surface area (Å²) < 4.78 is 30.4. The Balaban J connectivity index is 2.83. The molecule has 0 aliphatic heterocycles. The largest absolute Gasteiger partial charge is 0.480 e. The van der Waals surface area contributed by atoms with Gasteiger partial charge in [-0.15, -0.1) is 0 Å². The highest BCUT2D eigenvalue weighted by atomic mass is 32.2. The molecule has 24 heavy (non-hydrogen) atoms. The summed E-state index contributed by atoms with van der Waals surface area (Å²) in [6.07, 6.45) is -0.193. The van der Waals surface area contributed by atoms with Gasteiger partial charge >= 0.3 is 5.97 Å². The monoisotopic (exact) mass is 357 g/mol. The number of hydrogen-bond acceptors (Lipinski definition) is 5. The molecule has 1 atom stereocenters. The number of rotatable bonds is 8. The van der Waals surface area contributed by atoms with Gasteiger partial charge in [-0.3, -0.25) is 14.1 Å². The Bertz CT molecular complexity index is 725. The van der Waals surface area contributed by atoms with E-state index in [0.717, 1.165) is 0 Å². The first kappa shape index (κ1) is 19.8. The van der Waals surface area contributed by atoms with Gasteiger partial charge in [-0.2, -0.15) is 8.42 Å². The molecule has 0 aliphatic rings. The summed E-state index contributed by atoms with van der Waals surface area (Å²) in [4.78, 5) is 35.4. The summed E-state index contributed by atoms with van der Waals surface area (Å²) in [6.45, 7) is 2.88. The number of carboxylic acid groups (broad SMARTS) is 1. The minimum absolute atomic E-state index is 0.193. The molecule has 0 radical (unpaired) electrons. The molecule has 0 fully saturated rings. The van der Waals surface area contributed by atoms with Crippen LogP contribution in [-0.4, -0.2) is 47.5 Å². The molecule has 132 valence electrons. The zero-order valence-corrected chi connectivity index (χ0v) is 14.0. The highest BCUT2D eigenvalue weighted by Gasteiger charge is 2.35. The van der Waals surface area contributed by atoms with E-state index in [2.05, 4.69) is 0 Å². The van der Waals surface area contributed by atoms with Crippen LogP contribution in [0.25, 0.3) is 0 Å². The Morgan fingerprint density at radius 1 is 1.17 bits per heavy atom. The minimum Gasteiger partial charge on any atom is -0.480 e. The molecule has 0 spiro atoms.